The fourth-order valence-electron chi connectivity index (χ4n) is 2.01. The molecule has 6 nitrogen and oxygen atoms in total. The van der Waals surface area contributed by atoms with Gasteiger partial charge in [0.1, 0.15) is 5.01 Å². The van der Waals surface area contributed by atoms with Crippen molar-refractivity contribution in [2.45, 2.75) is 6.61 Å². The van der Waals surface area contributed by atoms with Crippen LogP contribution in [0, 0.1) is 10.1 Å². The number of aromatic nitrogens is 1. The van der Waals surface area contributed by atoms with Crippen molar-refractivity contribution in [1.29, 1.82) is 0 Å². The lowest BCUT2D eigenvalue weighted by molar-refractivity contribution is -0.384. The maximum Gasteiger partial charge on any atom is 0.270 e. The van der Waals surface area contributed by atoms with Crippen molar-refractivity contribution in [3.05, 3.63) is 81.3 Å². The van der Waals surface area contributed by atoms with E-state index < -0.39 is 4.92 Å². The quantitative estimate of drug-likeness (QED) is 0.382. The van der Waals surface area contributed by atoms with E-state index in [1.807, 2.05) is 35.7 Å². The number of oxime groups is 1. The minimum absolute atomic E-state index is 0.0194. The van der Waals surface area contributed by atoms with Gasteiger partial charge in [0.05, 0.1) is 16.8 Å². The minimum Gasteiger partial charge on any atom is -0.389 e. The van der Waals surface area contributed by atoms with E-state index in [9.17, 15) is 10.1 Å². The first-order valence-corrected chi connectivity index (χ1v) is 8.00. The third-order valence-electron chi connectivity index (χ3n) is 3.14. The molecule has 0 fully saturated rings. The van der Waals surface area contributed by atoms with Gasteiger partial charge in [-0.1, -0.05) is 47.6 Å². The molecule has 0 aliphatic rings. The van der Waals surface area contributed by atoms with Gasteiger partial charge in [-0.2, -0.15) is 0 Å². The van der Waals surface area contributed by atoms with Crippen LogP contribution in [0.2, 0.25) is 0 Å². The predicted molar refractivity (Wildman–Crippen MR) is 93.0 cm³/mol. The van der Waals surface area contributed by atoms with Crippen LogP contribution < -0.4 is 0 Å². The zero-order valence-corrected chi connectivity index (χ0v) is 13.3. The molecule has 7 heteroatoms. The lowest BCUT2D eigenvalue weighted by Crippen LogP contribution is -1.91. The van der Waals surface area contributed by atoms with E-state index in [0.29, 0.717) is 5.56 Å². The molecule has 0 unspecified atom stereocenters. The highest BCUT2D eigenvalue weighted by atomic mass is 32.1. The molecule has 0 aliphatic carbocycles. The first-order chi connectivity index (χ1) is 11.7. The van der Waals surface area contributed by atoms with Gasteiger partial charge < -0.3 is 4.84 Å². The second-order valence-corrected chi connectivity index (χ2v) is 5.73. The van der Waals surface area contributed by atoms with Crippen LogP contribution in [0.1, 0.15) is 11.3 Å². The Morgan fingerprint density at radius 3 is 2.83 bits per heavy atom. The van der Waals surface area contributed by atoms with Crippen LogP contribution in [0.5, 0.6) is 0 Å². The molecule has 1 heterocycles. The van der Waals surface area contributed by atoms with Crippen LogP contribution in [0.15, 0.2) is 65.1 Å². The van der Waals surface area contributed by atoms with Crippen LogP contribution in [0.25, 0.3) is 10.6 Å². The number of hydrogen-bond acceptors (Lipinski definition) is 6. The average Bonchev–Trinajstić information content (AvgIpc) is 3.09. The Hall–Kier alpha value is -3.06. The fraction of sp³-hybridized carbons (Fsp3) is 0.0588. The molecule has 3 rings (SSSR count). The van der Waals surface area contributed by atoms with Gasteiger partial charge in [0.15, 0.2) is 6.61 Å². The van der Waals surface area contributed by atoms with Crippen molar-refractivity contribution in [1.82, 2.24) is 4.98 Å². The second-order valence-electron chi connectivity index (χ2n) is 4.87. The number of benzene rings is 2. The summed E-state index contributed by atoms with van der Waals surface area (Å²) in [6.45, 7) is 0.245. The van der Waals surface area contributed by atoms with Crippen molar-refractivity contribution in [2.75, 3.05) is 0 Å². The van der Waals surface area contributed by atoms with Crippen molar-refractivity contribution in [2.24, 2.45) is 5.16 Å². The van der Waals surface area contributed by atoms with Gasteiger partial charge in [-0.05, 0) is 0 Å². The highest BCUT2D eigenvalue weighted by Gasteiger charge is 2.05. The molecule has 3 aromatic rings. The number of nitro groups is 1. The average molecular weight is 339 g/mol. The van der Waals surface area contributed by atoms with Crippen molar-refractivity contribution in [3.63, 3.8) is 0 Å². The number of non-ortho nitro benzene ring substituents is 1. The van der Waals surface area contributed by atoms with Gasteiger partial charge in [0.2, 0.25) is 0 Å². The maximum atomic E-state index is 10.7. The molecule has 24 heavy (non-hydrogen) atoms. The van der Waals surface area contributed by atoms with E-state index >= 15 is 0 Å². The third-order valence-corrected chi connectivity index (χ3v) is 4.08. The Kier molecular flexibility index (Phi) is 4.93. The monoisotopic (exact) mass is 339 g/mol. The normalized spacial score (nSPS) is 10.8. The molecule has 0 spiro atoms. The van der Waals surface area contributed by atoms with Gasteiger partial charge in [0, 0.05) is 28.6 Å². The highest BCUT2D eigenvalue weighted by molar-refractivity contribution is 7.13. The molecule has 2 aromatic carbocycles. The molecular formula is C17H13N3O3S. The van der Waals surface area contributed by atoms with Crippen LogP contribution >= 0.6 is 11.3 Å². The molecule has 0 radical (unpaired) electrons. The molecular weight excluding hydrogens is 326 g/mol. The van der Waals surface area contributed by atoms with Crippen molar-refractivity contribution < 1.29 is 9.76 Å². The summed E-state index contributed by atoms with van der Waals surface area (Å²) in [4.78, 5) is 20.0. The van der Waals surface area contributed by atoms with Gasteiger partial charge in [0.25, 0.3) is 5.69 Å². The molecule has 0 amide bonds. The fourth-order valence-corrected chi connectivity index (χ4v) is 2.82. The van der Waals surface area contributed by atoms with E-state index in [1.165, 1.54) is 18.3 Å². The standard InChI is InChI=1S/C17H13N3O3S/c21-20(22)16-8-4-5-13(9-16)10-18-23-11-15-12-24-17(19-15)14-6-2-1-3-7-14/h1-10,12H,11H2. The lowest BCUT2D eigenvalue weighted by atomic mass is 10.2. The summed E-state index contributed by atoms with van der Waals surface area (Å²) in [6.07, 6.45) is 1.44. The van der Waals surface area contributed by atoms with Crippen LogP contribution in [0.3, 0.4) is 0 Å². The van der Waals surface area contributed by atoms with E-state index in [1.54, 1.807) is 23.5 Å². The smallest absolute Gasteiger partial charge is 0.270 e. The Labute approximate surface area is 142 Å². The molecule has 0 saturated heterocycles. The summed E-state index contributed by atoms with van der Waals surface area (Å²) in [5, 5.41) is 17.4. The lowest BCUT2D eigenvalue weighted by Gasteiger charge is -1.97. The number of hydrogen-bond donors (Lipinski definition) is 0. The Balaban J connectivity index is 1.58. The number of thiazole rings is 1. The first kappa shape index (κ1) is 15.8. The Morgan fingerprint density at radius 1 is 1.21 bits per heavy atom. The zero-order valence-electron chi connectivity index (χ0n) is 12.5. The summed E-state index contributed by atoms with van der Waals surface area (Å²) in [5.41, 5.74) is 2.47. The van der Waals surface area contributed by atoms with Gasteiger partial charge >= 0.3 is 0 Å². The van der Waals surface area contributed by atoms with E-state index in [2.05, 4.69) is 10.1 Å². The predicted octanol–water partition coefficient (Wildman–Crippen LogP) is 4.27. The molecule has 0 aliphatic heterocycles. The molecule has 0 saturated carbocycles. The van der Waals surface area contributed by atoms with Crippen molar-refractivity contribution in [3.8, 4) is 10.6 Å². The van der Waals surface area contributed by atoms with Gasteiger partial charge in [-0.15, -0.1) is 11.3 Å². The number of rotatable bonds is 6. The summed E-state index contributed by atoms with van der Waals surface area (Å²) in [5.74, 6) is 0. The molecule has 120 valence electrons. The summed E-state index contributed by atoms with van der Waals surface area (Å²) in [6, 6.07) is 16.1. The summed E-state index contributed by atoms with van der Waals surface area (Å²) in [7, 11) is 0. The van der Waals surface area contributed by atoms with E-state index in [0.717, 1.165) is 16.3 Å². The van der Waals surface area contributed by atoms with E-state index in [4.69, 9.17) is 4.84 Å². The van der Waals surface area contributed by atoms with Crippen LogP contribution in [-0.4, -0.2) is 16.1 Å². The molecule has 0 bridgehead atoms. The van der Waals surface area contributed by atoms with Gasteiger partial charge in [-0.25, -0.2) is 4.98 Å². The zero-order chi connectivity index (χ0) is 16.8. The topological polar surface area (TPSA) is 77.6 Å². The minimum atomic E-state index is -0.446. The first-order valence-electron chi connectivity index (χ1n) is 7.12. The Bertz CT molecular complexity index is 862. The largest absolute Gasteiger partial charge is 0.389 e. The molecule has 0 atom stereocenters. The maximum absolute atomic E-state index is 10.7. The van der Waals surface area contributed by atoms with Crippen LogP contribution in [-0.2, 0) is 11.4 Å². The summed E-state index contributed by atoms with van der Waals surface area (Å²) >= 11 is 1.54. The third kappa shape index (κ3) is 4.02. The molecule has 0 N–H and O–H groups in total. The van der Waals surface area contributed by atoms with Gasteiger partial charge in [-0.3, -0.25) is 10.1 Å². The SMILES string of the molecule is O=[N+]([O-])c1cccc(C=NOCc2csc(-c3ccccc3)n2)c1. The van der Waals surface area contributed by atoms with Crippen molar-refractivity contribution >= 4 is 23.2 Å². The number of nitro benzene ring substituents is 1. The van der Waals surface area contributed by atoms with E-state index in [-0.39, 0.29) is 12.3 Å². The second kappa shape index (κ2) is 7.47. The Morgan fingerprint density at radius 2 is 2.04 bits per heavy atom. The number of nitrogens with zero attached hydrogens (tertiary/aromatic N) is 3. The highest BCUT2D eigenvalue weighted by Crippen LogP contribution is 2.23. The summed E-state index contributed by atoms with van der Waals surface area (Å²) < 4.78 is 0. The molecule has 1 aromatic heterocycles. The van der Waals surface area contributed by atoms with Crippen LogP contribution in [0.4, 0.5) is 5.69 Å².